The number of carbonyl (C=O) groups excluding carboxylic acids is 1. The Bertz CT molecular complexity index is 1670. The number of nitrogens with zero attached hydrogens (tertiary/aromatic N) is 2. The number of alkyl halides is 6. The van der Waals surface area contributed by atoms with E-state index >= 15 is 0 Å². The van der Waals surface area contributed by atoms with Crippen molar-refractivity contribution in [2.45, 2.75) is 58.8 Å². The van der Waals surface area contributed by atoms with E-state index in [9.17, 15) is 31.1 Å². The second kappa shape index (κ2) is 12.6. The van der Waals surface area contributed by atoms with E-state index in [-0.39, 0.29) is 29.5 Å². The molecule has 0 bridgehead atoms. The quantitative estimate of drug-likeness (QED) is 0.176. The fraction of sp³-hybridized carbons (Fsp3) is 0.375. The molecule has 1 fully saturated rings. The summed E-state index contributed by atoms with van der Waals surface area (Å²) in [6.07, 6.45) is -6.75. The Morgan fingerprint density at radius 3 is 2.00 bits per heavy atom. The van der Waals surface area contributed by atoms with Gasteiger partial charge in [-0.3, -0.25) is 4.79 Å². The summed E-state index contributed by atoms with van der Waals surface area (Å²) in [5.74, 6) is 0.0250. The zero-order valence-electron chi connectivity index (χ0n) is 25.1. The lowest BCUT2D eigenvalue weighted by atomic mass is 9.70. The van der Waals surface area contributed by atoms with Gasteiger partial charge in [0.2, 0.25) is 5.95 Å². The van der Waals surface area contributed by atoms with Crippen LogP contribution in [0.5, 0.6) is 17.2 Å². The molecule has 46 heavy (non-hydrogen) atoms. The number of benzene rings is 3. The number of ether oxygens (including phenoxy) is 3. The summed E-state index contributed by atoms with van der Waals surface area (Å²) in [5, 5.41) is 5.79. The maximum absolute atomic E-state index is 12.6. The average Bonchev–Trinajstić information content (AvgIpc) is 3.28. The molecule has 4 aromatic rings. The molecule has 2 atom stereocenters. The molecular weight excluding hydrogens is 618 g/mol. The number of anilines is 3. The fourth-order valence-corrected chi connectivity index (χ4v) is 6.07. The first-order chi connectivity index (χ1) is 21.5. The summed E-state index contributed by atoms with van der Waals surface area (Å²) in [6, 6.07) is 15.4. The van der Waals surface area contributed by atoms with Crippen LogP contribution >= 0.6 is 0 Å². The zero-order valence-corrected chi connectivity index (χ0v) is 25.1. The predicted octanol–water partition coefficient (Wildman–Crippen LogP) is 8.98. The topological polar surface area (TPSA) is 86.6 Å². The largest absolute Gasteiger partial charge is 0.573 e. The van der Waals surface area contributed by atoms with Crippen LogP contribution in [0.25, 0.3) is 11.0 Å². The van der Waals surface area contributed by atoms with Crippen molar-refractivity contribution in [3.05, 3.63) is 66.7 Å². The van der Waals surface area contributed by atoms with Crippen LogP contribution < -0.4 is 24.8 Å². The summed E-state index contributed by atoms with van der Waals surface area (Å²) in [5.41, 5.74) is 2.24. The van der Waals surface area contributed by atoms with Gasteiger partial charge in [0, 0.05) is 23.5 Å². The summed E-state index contributed by atoms with van der Waals surface area (Å²) < 4.78 is 90.6. The molecule has 1 aliphatic carbocycles. The summed E-state index contributed by atoms with van der Waals surface area (Å²) in [7, 11) is 0. The van der Waals surface area contributed by atoms with Crippen LogP contribution in [0.3, 0.4) is 0 Å². The number of aromatic nitrogens is 2. The van der Waals surface area contributed by atoms with Crippen molar-refractivity contribution < 1.29 is 45.3 Å². The maximum Gasteiger partial charge on any atom is 0.573 e. The second-order valence-electron chi connectivity index (χ2n) is 12.1. The van der Waals surface area contributed by atoms with Crippen LogP contribution in [-0.2, 0) is 4.79 Å². The van der Waals surface area contributed by atoms with Crippen molar-refractivity contribution in [2.75, 3.05) is 17.2 Å². The van der Waals surface area contributed by atoms with Gasteiger partial charge in [0.05, 0.1) is 11.0 Å². The fourth-order valence-electron chi connectivity index (χ4n) is 6.07. The van der Waals surface area contributed by atoms with Crippen molar-refractivity contribution in [2.24, 2.45) is 11.3 Å². The molecule has 0 saturated heterocycles. The van der Waals surface area contributed by atoms with E-state index in [0.717, 1.165) is 36.9 Å². The van der Waals surface area contributed by atoms with E-state index in [1.54, 1.807) is 12.1 Å². The first kappa shape index (κ1) is 32.8. The first-order valence-electron chi connectivity index (χ1n) is 14.5. The van der Waals surface area contributed by atoms with Gasteiger partial charge in [0.1, 0.15) is 17.2 Å². The zero-order chi connectivity index (χ0) is 33.3. The number of hydrogen-bond acceptors (Lipinski definition) is 6. The van der Waals surface area contributed by atoms with Gasteiger partial charge < -0.3 is 29.4 Å². The average molecular weight is 651 g/mol. The van der Waals surface area contributed by atoms with Gasteiger partial charge in [-0.05, 0) is 91.3 Å². The molecule has 1 aromatic heterocycles. The van der Waals surface area contributed by atoms with E-state index in [0.29, 0.717) is 28.8 Å². The Morgan fingerprint density at radius 1 is 0.870 bits per heavy atom. The van der Waals surface area contributed by atoms with Crippen LogP contribution in [0, 0.1) is 11.3 Å². The monoisotopic (exact) mass is 650 g/mol. The minimum absolute atomic E-state index is 0.0782. The smallest absolute Gasteiger partial charge is 0.484 e. The molecule has 8 nitrogen and oxygen atoms in total. The van der Waals surface area contributed by atoms with Crippen LogP contribution in [0.2, 0.25) is 0 Å². The van der Waals surface area contributed by atoms with Crippen LogP contribution in [0.4, 0.5) is 43.7 Å². The van der Waals surface area contributed by atoms with E-state index in [1.807, 2.05) is 6.07 Å². The normalized spacial score (nSPS) is 18.2. The van der Waals surface area contributed by atoms with Crippen molar-refractivity contribution in [1.82, 2.24) is 9.55 Å². The molecule has 246 valence electrons. The number of nitrogens with one attached hydrogen (secondary N) is 2. The number of hydrogen-bond donors (Lipinski definition) is 2. The minimum Gasteiger partial charge on any atom is -0.484 e. The highest BCUT2D eigenvalue weighted by Crippen LogP contribution is 2.46. The molecule has 1 heterocycles. The molecular formula is C32H32F6N4O4. The Morgan fingerprint density at radius 2 is 1.43 bits per heavy atom. The van der Waals surface area contributed by atoms with Gasteiger partial charge in [-0.15, -0.1) is 26.3 Å². The van der Waals surface area contributed by atoms with Gasteiger partial charge in [-0.2, -0.15) is 0 Å². The number of amides is 1. The molecule has 14 heteroatoms. The third-order valence-electron chi connectivity index (χ3n) is 7.48. The second-order valence-corrected chi connectivity index (χ2v) is 12.1. The molecule has 0 unspecified atom stereocenters. The van der Waals surface area contributed by atoms with Crippen LogP contribution in [-0.4, -0.2) is 34.8 Å². The number of halogens is 6. The van der Waals surface area contributed by atoms with Crippen molar-refractivity contribution in [3.63, 3.8) is 0 Å². The van der Waals surface area contributed by atoms with E-state index in [1.165, 1.54) is 36.4 Å². The lowest BCUT2D eigenvalue weighted by Crippen LogP contribution is -2.29. The molecule has 1 saturated carbocycles. The Balaban J connectivity index is 1.34. The van der Waals surface area contributed by atoms with Gasteiger partial charge in [0.15, 0.2) is 6.61 Å². The predicted molar refractivity (Wildman–Crippen MR) is 159 cm³/mol. The Hall–Kier alpha value is -4.62. The third-order valence-corrected chi connectivity index (χ3v) is 7.48. The van der Waals surface area contributed by atoms with Crippen molar-refractivity contribution >= 4 is 34.3 Å². The molecule has 0 aliphatic heterocycles. The van der Waals surface area contributed by atoms with Crippen molar-refractivity contribution in [3.8, 4) is 17.2 Å². The van der Waals surface area contributed by atoms with Gasteiger partial charge in [-0.1, -0.05) is 20.8 Å². The summed E-state index contributed by atoms with van der Waals surface area (Å²) >= 11 is 0. The highest BCUT2D eigenvalue weighted by molar-refractivity contribution is 5.92. The molecule has 0 spiro atoms. The first-order valence-corrected chi connectivity index (χ1v) is 14.5. The van der Waals surface area contributed by atoms with Gasteiger partial charge >= 0.3 is 12.7 Å². The lowest BCUT2D eigenvalue weighted by Gasteiger charge is -2.40. The SMILES string of the molecule is C[C@@H]1C[C@@H](n2c(Nc3ccc(OC(F)(F)F)cc3)nc3cc(OCC(=O)Nc4ccc(OC(F)(F)F)cc4)ccc32)CC(C)(C)C1. The lowest BCUT2D eigenvalue weighted by molar-refractivity contribution is -0.275. The summed E-state index contributed by atoms with van der Waals surface area (Å²) in [4.78, 5) is 17.3. The molecule has 5 rings (SSSR count). The van der Waals surface area contributed by atoms with Crippen molar-refractivity contribution in [1.29, 1.82) is 0 Å². The maximum atomic E-state index is 12.6. The standard InChI is InChI=1S/C32H32F6N4O4/c1-19-14-22(17-30(2,3)16-19)42-27-13-12-25(44-18-28(43)39-20-4-8-23(9-5-20)45-31(33,34)35)15-26(27)41-29(42)40-21-6-10-24(11-7-21)46-32(36,37)38/h4-13,15,19,22H,14,16-18H2,1-3H3,(H,39,43)(H,40,41)/t19-,22-/m1/s1. The number of carbonyl (C=O) groups is 1. The number of imidazole rings is 1. The molecule has 2 N–H and O–H groups in total. The highest BCUT2D eigenvalue weighted by Gasteiger charge is 2.35. The van der Waals surface area contributed by atoms with E-state index < -0.39 is 24.4 Å². The van der Waals surface area contributed by atoms with Crippen LogP contribution in [0.1, 0.15) is 46.1 Å². The molecule has 1 amide bonds. The molecule has 3 aromatic carbocycles. The third kappa shape index (κ3) is 8.76. The van der Waals surface area contributed by atoms with E-state index in [4.69, 9.17) is 9.72 Å². The van der Waals surface area contributed by atoms with Crippen LogP contribution in [0.15, 0.2) is 66.7 Å². The minimum atomic E-state index is -4.82. The Labute approximate surface area is 260 Å². The van der Waals surface area contributed by atoms with Gasteiger partial charge in [-0.25, -0.2) is 4.98 Å². The Kier molecular flexibility index (Phi) is 9.00. The highest BCUT2D eigenvalue weighted by atomic mass is 19.4. The molecule has 0 radical (unpaired) electrons. The van der Waals surface area contributed by atoms with Gasteiger partial charge in [0.25, 0.3) is 5.91 Å². The summed E-state index contributed by atoms with van der Waals surface area (Å²) in [6.45, 7) is 6.28. The number of rotatable bonds is 9. The molecule has 1 aliphatic rings. The number of fused-ring (bicyclic) bond motifs is 1. The van der Waals surface area contributed by atoms with E-state index in [2.05, 4.69) is 45.4 Å².